The predicted octanol–water partition coefficient (Wildman–Crippen LogP) is 2.07. The molecule has 9 nitrogen and oxygen atoms in total. The van der Waals surface area contributed by atoms with Crippen molar-refractivity contribution in [2.45, 2.75) is 69.6 Å². The maximum Gasteiger partial charge on any atom is 0.272 e. The van der Waals surface area contributed by atoms with E-state index in [0.717, 1.165) is 12.0 Å². The molecule has 2 aromatic rings. The highest BCUT2D eigenvalue weighted by atomic mass is 32.2. The van der Waals surface area contributed by atoms with Crippen molar-refractivity contribution >= 4 is 21.7 Å². The average molecular weight is 509 g/mol. The lowest BCUT2D eigenvalue weighted by Crippen LogP contribution is -2.47. The van der Waals surface area contributed by atoms with Gasteiger partial charge in [-0.25, -0.2) is 17.8 Å². The van der Waals surface area contributed by atoms with Crippen LogP contribution in [-0.4, -0.2) is 58.5 Å². The van der Waals surface area contributed by atoms with Gasteiger partial charge in [0.15, 0.2) is 5.69 Å². The molecule has 0 bridgehead atoms. The summed E-state index contributed by atoms with van der Waals surface area (Å²) < 4.78 is 39.8. The number of rotatable bonds is 9. The third kappa shape index (κ3) is 5.90. The molecule has 11 heteroatoms. The van der Waals surface area contributed by atoms with Gasteiger partial charge in [0.1, 0.15) is 27.2 Å². The predicted molar refractivity (Wildman–Crippen MR) is 130 cm³/mol. The summed E-state index contributed by atoms with van der Waals surface area (Å²) in [5.74, 6) is -1.94. The molecule has 0 aliphatic heterocycles. The largest absolute Gasteiger partial charge is 0.388 e. The van der Waals surface area contributed by atoms with Crippen LogP contribution < -0.4 is 11.1 Å². The number of sulfone groups is 1. The van der Waals surface area contributed by atoms with Crippen LogP contribution in [0.1, 0.15) is 78.3 Å². The zero-order valence-electron chi connectivity index (χ0n) is 20.3. The lowest BCUT2D eigenvalue weighted by molar-refractivity contribution is 0.00607. The molecule has 3 rings (SSSR count). The molecule has 192 valence electrons. The highest BCUT2D eigenvalue weighted by Crippen LogP contribution is 2.31. The van der Waals surface area contributed by atoms with Crippen LogP contribution in [0.2, 0.25) is 0 Å². The summed E-state index contributed by atoms with van der Waals surface area (Å²) in [6, 6.07) is 4.69. The van der Waals surface area contributed by atoms with Crippen molar-refractivity contribution in [3.63, 3.8) is 0 Å². The second-order valence-corrected chi connectivity index (χ2v) is 11.6. The number of aryl methyl sites for hydroxylation is 2. The topological polar surface area (TPSA) is 144 Å². The quantitative estimate of drug-likeness (QED) is 0.473. The normalized spacial score (nSPS) is 20.5. The molecule has 0 unspecified atom stereocenters. The van der Waals surface area contributed by atoms with Crippen molar-refractivity contribution in [3.8, 4) is 5.69 Å². The van der Waals surface area contributed by atoms with Crippen LogP contribution >= 0.6 is 0 Å². The third-order valence-corrected chi connectivity index (χ3v) is 8.23. The fourth-order valence-corrected chi connectivity index (χ4v) is 5.68. The van der Waals surface area contributed by atoms with Gasteiger partial charge in [-0.1, -0.05) is 26.3 Å². The molecule has 1 aromatic carbocycles. The van der Waals surface area contributed by atoms with Gasteiger partial charge in [-0.3, -0.25) is 14.2 Å². The van der Waals surface area contributed by atoms with Crippen molar-refractivity contribution in [2.24, 2.45) is 5.73 Å². The molecule has 4 N–H and O–H groups in total. The minimum Gasteiger partial charge on any atom is -0.388 e. The number of aromatic nitrogens is 2. The molecule has 1 fully saturated rings. The Morgan fingerprint density at radius 2 is 1.94 bits per heavy atom. The summed E-state index contributed by atoms with van der Waals surface area (Å²) >= 11 is 0. The number of carbonyl (C=O) groups is 2. The Bertz CT molecular complexity index is 1220. The summed E-state index contributed by atoms with van der Waals surface area (Å²) in [7, 11) is -3.20. The lowest BCUT2D eigenvalue weighted by atomic mass is 9.84. The van der Waals surface area contributed by atoms with E-state index >= 15 is 4.39 Å². The van der Waals surface area contributed by atoms with Gasteiger partial charge >= 0.3 is 0 Å². The van der Waals surface area contributed by atoms with Gasteiger partial charge in [-0.15, -0.1) is 0 Å². The number of halogens is 1. The van der Waals surface area contributed by atoms with Crippen LogP contribution in [0.3, 0.4) is 0 Å². The molecule has 2 amide bonds. The van der Waals surface area contributed by atoms with E-state index in [9.17, 15) is 23.1 Å². The van der Waals surface area contributed by atoms with Gasteiger partial charge in [0.25, 0.3) is 11.8 Å². The number of nitrogens with two attached hydrogens (primary N) is 1. The molecule has 0 atom stereocenters. The fourth-order valence-electron chi connectivity index (χ4n) is 4.59. The minimum absolute atomic E-state index is 0.0692. The number of imidazole rings is 1. The van der Waals surface area contributed by atoms with E-state index in [2.05, 4.69) is 10.3 Å². The Hall–Kier alpha value is -2.79. The lowest BCUT2D eigenvalue weighted by Gasteiger charge is -2.35. The molecule has 0 radical (unpaired) electrons. The maximum absolute atomic E-state index is 15.0. The summed E-state index contributed by atoms with van der Waals surface area (Å²) in [5.41, 5.74) is 4.71. The summed E-state index contributed by atoms with van der Waals surface area (Å²) in [6.07, 6.45) is 4.03. The second kappa shape index (κ2) is 10.4. The number of hydrogen-bond donors (Lipinski definition) is 3. The van der Waals surface area contributed by atoms with Gasteiger partial charge in [0.05, 0.1) is 16.5 Å². The number of primary amides is 1. The molecule has 1 aromatic heterocycles. The van der Waals surface area contributed by atoms with Gasteiger partial charge in [-0.05, 0) is 49.8 Å². The Kier molecular flexibility index (Phi) is 8.00. The average Bonchev–Trinajstić information content (AvgIpc) is 3.17. The Labute approximate surface area is 204 Å². The van der Waals surface area contributed by atoms with Crippen molar-refractivity contribution in [1.82, 2.24) is 14.9 Å². The number of amides is 2. The van der Waals surface area contributed by atoms with Crippen molar-refractivity contribution in [1.29, 1.82) is 0 Å². The van der Waals surface area contributed by atoms with E-state index < -0.39 is 38.3 Å². The standard InChI is InChI=1S/C24H33FN4O5S/c1-4-6-15-7-8-18(17(25)13-15)29-19(5-2)28-20(21(29)22(26)30)23(31)27-14-24(32)11-9-16(10-12-24)35(3,33)34/h7-8,13,16,32H,4-6,9-12,14H2,1-3H3,(H2,26,30)(H,27,31). The summed E-state index contributed by atoms with van der Waals surface area (Å²) in [4.78, 5) is 29.7. The molecular formula is C24H33FN4O5S. The smallest absolute Gasteiger partial charge is 0.272 e. The Balaban J connectivity index is 1.87. The van der Waals surface area contributed by atoms with E-state index in [0.29, 0.717) is 31.5 Å². The molecule has 1 aliphatic rings. The highest BCUT2D eigenvalue weighted by molar-refractivity contribution is 7.91. The van der Waals surface area contributed by atoms with Gasteiger partial charge in [-0.2, -0.15) is 0 Å². The SMILES string of the molecule is CCCc1ccc(-n2c(CC)nc(C(=O)NCC3(O)CCC(S(C)(=O)=O)CC3)c2C(N)=O)c(F)c1. The van der Waals surface area contributed by atoms with E-state index in [1.165, 1.54) is 23.0 Å². The van der Waals surface area contributed by atoms with Gasteiger partial charge in [0, 0.05) is 19.2 Å². The zero-order chi connectivity index (χ0) is 26.0. The molecule has 0 spiro atoms. The van der Waals surface area contributed by atoms with Crippen molar-refractivity contribution in [2.75, 3.05) is 12.8 Å². The summed E-state index contributed by atoms with van der Waals surface area (Å²) in [6.45, 7) is 3.60. The number of aliphatic hydroxyl groups is 1. The number of hydrogen-bond acceptors (Lipinski definition) is 6. The zero-order valence-corrected chi connectivity index (χ0v) is 21.1. The monoisotopic (exact) mass is 508 g/mol. The van der Waals surface area contributed by atoms with E-state index in [1.54, 1.807) is 13.0 Å². The van der Waals surface area contributed by atoms with Crippen LogP contribution in [0.4, 0.5) is 4.39 Å². The van der Waals surface area contributed by atoms with Crippen molar-refractivity contribution in [3.05, 3.63) is 46.8 Å². The third-order valence-electron chi connectivity index (χ3n) is 6.55. The van der Waals surface area contributed by atoms with Crippen LogP contribution in [0.5, 0.6) is 0 Å². The first kappa shape index (κ1) is 26.8. The Morgan fingerprint density at radius 3 is 2.46 bits per heavy atom. The van der Waals surface area contributed by atoms with E-state index in [1.807, 2.05) is 6.92 Å². The minimum atomic E-state index is -3.20. The molecule has 1 heterocycles. The number of nitrogens with one attached hydrogen (secondary N) is 1. The van der Waals surface area contributed by atoms with Gasteiger partial charge in [0.2, 0.25) is 0 Å². The fraction of sp³-hybridized carbons (Fsp3) is 0.542. The van der Waals surface area contributed by atoms with E-state index in [-0.39, 0.29) is 36.5 Å². The van der Waals surface area contributed by atoms with Crippen LogP contribution in [0.25, 0.3) is 5.69 Å². The number of carbonyl (C=O) groups excluding carboxylic acids is 2. The molecule has 0 saturated heterocycles. The maximum atomic E-state index is 15.0. The molecule has 1 aliphatic carbocycles. The number of nitrogens with zero attached hydrogens (tertiary/aromatic N) is 2. The highest BCUT2D eigenvalue weighted by Gasteiger charge is 2.37. The van der Waals surface area contributed by atoms with Crippen LogP contribution in [0.15, 0.2) is 18.2 Å². The second-order valence-electron chi connectivity index (χ2n) is 9.25. The van der Waals surface area contributed by atoms with Crippen LogP contribution in [-0.2, 0) is 22.7 Å². The first-order chi connectivity index (χ1) is 16.4. The molecule has 1 saturated carbocycles. The first-order valence-electron chi connectivity index (χ1n) is 11.8. The first-order valence-corrected chi connectivity index (χ1v) is 13.7. The number of benzene rings is 1. The van der Waals surface area contributed by atoms with E-state index in [4.69, 9.17) is 5.73 Å². The van der Waals surface area contributed by atoms with Crippen LogP contribution in [0, 0.1) is 5.82 Å². The Morgan fingerprint density at radius 1 is 1.29 bits per heavy atom. The van der Waals surface area contributed by atoms with Crippen molar-refractivity contribution < 1.29 is 27.5 Å². The van der Waals surface area contributed by atoms with Gasteiger partial charge < -0.3 is 16.2 Å². The molecular weight excluding hydrogens is 475 g/mol. The molecule has 35 heavy (non-hydrogen) atoms. The summed E-state index contributed by atoms with van der Waals surface area (Å²) in [5, 5.41) is 12.9.